The van der Waals surface area contributed by atoms with E-state index in [-0.39, 0.29) is 5.56 Å². The van der Waals surface area contributed by atoms with Crippen molar-refractivity contribution in [3.8, 4) is 11.3 Å². The zero-order chi connectivity index (χ0) is 18.1. The molecule has 4 nitrogen and oxygen atoms in total. The lowest BCUT2D eigenvalue weighted by molar-refractivity contribution is 0.549. The van der Waals surface area contributed by atoms with E-state index in [9.17, 15) is 4.79 Å². The molecule has 2 aromatic carbocycles. The predicted octanol–water partition coefficient (Wildman–Crippen LogP) is 5.16. The zero-order valence-electron chi connectivity index (χ0n) is 14.6. The largest absolute Gasteiger partial charge is 0.461 e. The minimum atomic E-state index is -0.0149. The van der Waals surface area contributed by atoms with Gasteiger partial charge in [-0.25, -0.2) is 0 Å². The van der Waals surface area contributed by atoms with Crippen LogP contribution in [0.3, 0.4) is 0 Å². The van der Waals surface area contributed by atoms with Crippen molar-refractivity contribution in [1.29, 1.82) is 0 Å². The number of hydrogen-bond acceptors (Lipinski definition) is 3. The van der Waals surface area contributed by atoms with E-state index in [4.69, 9.17) is 9.40 Å². The zero-order valence-corrected chi connectivity index (χ0v) is 14.6. The van der Waals surface area contributed by atoms with E-state index in [1.54, 1.807) is 4.40 Å². The number of para-hydroxylation sites is 1. The fourth-order valence-corrected chi connectivity index (χ4v) is 4.16. The molecule has 6 aromatic rings. The van der Waals surface area contributed by atoms with Crippen LogP contribution in [0.5, 0.6) is 0 Å². The molecule has 128 valence electrons. The summed E-state index contributed by atoms with van der Waals surface area (Å²) in [7, 11) is 0. The van der Waals surface area contributed by atoms with Crippen molar-refractivity contribution >= 4 is 38.1 Å². The SMILES string of the molecule is Cc1ccc(-c2cnc3c4ccccc4c(=O)n4c5ccccc5c2c34)o1. The number of aromatic nitrogens is 2. The highest BCUT2D eigenvalue weighted by Crippen LogP contribution is 2.39. The Morgan fingerprint density at radius 3 is 2.41 bits per heavy atom. The van der Waals surface area contributed by atoms with Gasteiger partial charge in [0, 0.05) is 33.3 Å². The van der Waals surface area contributed by atoms with Crippen LogP contribution in [0.25, 0.3) is 49.4 Å². The maximum atomic E-state index is 13.3. The number of pyridine rings is 2. The quantitative estimate of drug-likeness (QED) is 0.385. The van der Waals surface area contributed by atoms with E-state index in [1.807, 2.05) is 67.7 Å². The van der Waals surface area contributed by atoms with Crippen LogP contribution in [-0.4, -0.2) is 9.38 Å². The molecule has 0 aliphatic carbocycles. The lowest BCUT2D eigenvalue weighted by Crippen LogP contribution is -2.13. The van der Waals surface area contributed by atoms with E-state index < -0.39 is 0 Å². The Bertz CT molecular complexity index is 1560. The number of fused-ring (bicyclic) bond motifs is 5. The fraction of sp³-hybridized carbons (Fsp3) is 0.0435. The van der Waals surface area contributed by atoms with Gasteiger partial charge in [-0.05, 0) is 31.2 Å². The molecule has 0 saturated carbocycles. The molecule has 4 aromatic heterocycles. The van der Waals surface area contributed by atoms with Gasteiger partial charge in [0.05, 0.1) is 16.6 Å². The molecule has 6 rings (SSSR count). The molecule has 0 atom stereocenters. The molecule has 0 spiro atoms. The van der Waals surface area contributed by atoms with Gasteiger partial charge < -0.3 is 4.42 Å². The van der Waals surface area contributed by atoms with Crippen molar-refractivity contribution < 1.29 is 4.42 Å². The smallest absolute Gasteiger partial charge is 0.263 e. The van der Waals surface area contributed by atoms with E-state index in [2.05, 4.69) is 6.07 Å². The van der Waals surface area contributed by atoms with Crippen molar-refractivity contribution in [2.24, 2.45) is 0 Å². The minimum absolute atomic E-state index is 0.0149. The molecule has 0 unspecified atom stereocenters. The average molecular weight is 350 g/mol. The summed E-state index contributed by atoms with van der Waals surface area (Å²) in [5, 5.41) is 3.60. The van der Waals surface area contributed by atoms with E-state index in [0.29, 0.717) is 5.39 Å². The summed E-state index contributed by atoms with van der Waals surface area (Å²) in [6.07, 6.45) is 1.86. The molecular formula is C23H14N2O2. The molecule has 0 radical (unpaired) electrons. The highest BCUT2D eigenvalue weighted by Gasteiger charge is 2.21. The van der Waals surface area contributed by atoms with Gasteiger partial charge in [0.25, 0.3) is 5.56 Å². The Morgan fingerprint density at radius 1 is 0.889 bits per heavy atom. The van der Waals surface area contributed by atoms with Gasteiger partial charge in [-0.2, -0.15) is 0 Å². The fourth-order valence-electron chi connectivity index (χ4n) is 4.16. The number of furan rings is 1. The van der Waals surface area contributed by atoms with Crippen LogP contribution >= 0.6 is 0 Å². The summed E-state index contributed by atoms with van der Waals surface area (Å²) in [6, 6.07) is 19.6. The van der Waals surface area contributed by atoms with E-state index in [0.717, 1.165) is 49.8 Å². The van der Waals surface area contributed by atoms with Gasteiger partial charge in [-0.3, -0.25) is 14.2 Å². The molecule has 0 fully saturated rings. The average Bonchev–Trinajstić information content (AvgIpc) is 3.28. The monoisotopic (exact) mass is 350 g/mol. The number of nitrogens with zero attached hydrogens (tertiary/aromatic N) is 2. The number of benzene rings is 2. The Balaban J connectivity index is 1.98. The summed E-state index contributed by atoms with van der Waals surface area (Å²) >= 11 is 0. The number of aryl methyl sites for hydroxylation is 1. The summed E-state index contributed by atoms with van der Waals surface area (Å²) in [5.41, 5.74) is 3.48. The first-order valence-electron chi connectivity index (χ1n) is 8.87. The van der Waals surface area contributed by atoms with Gasteiger partial charge >= 0.3 is 0 Å². The van der Waals surface area contributed by atoms with Crippen molar-refractivity contribution in [3.05, 3.63) is 83.0 Å². The first kappa shape index (κ1) is 14.5. The molecule has 0 saturated heterocycles. The Labute approximate surface area is 153 Å². The van der Waals surface area contributed by atoms with Crippen LogP contribution in [-0.2, 0) is 0 Å². The highest BCUT2D eigenvalue weighted by atomic mass is 16.3. The second-order valence-electron chi connectivity index (χ2n) is 6.86. The topological polar surface area (TPSA) is 47.5 Å². The van der Waals surface area contributed by atoms with Crippen LogP contribution in [0, 0.1) is 6.92 Å². The van der Waals surface area contributed by atoms with Crippen LogP contribution in [0.4, 0.5) is 0 Å². The van der Waals surface area contributed by atoms with Crippen molar-refractivity contribution in [3.63, 3.8) is 0 Å². The standard InChI is InChI=1S/C23H14N2O2/c1-13-10-11-19(27-13)17-12-24-21-14-6-2-3-7-15(14)23(26)25-18-9-5-4-8-16(18)20(17)22(21)25/h2-12H,1H3. The molecule has 0 aliphatic rings. The van der Waals surface area contributed by atoms with Crippen molar-refractivity contribution in [2.75, 3.05) is 0 Å². The van der Waals surface area contributed by atoms with Crippen molar-refractivity contribution in [1.82, 2.24) is 9.38 Å². The normalized spacial score (nSPS) is 12.0. The second-order valence-corrected chi connectivity index (χ2v) is 6.86. The van der Waals surface area contributed by atoms with Crippen molar-refractivity contribution in [2.45, 2.75) is 6.92 Å². The summed E-state index contributed by atoms with van der Waals surface area (Å²) in [5.74, 6) is 1.61. The Kier molecular flexibility index (Phi) is 2.66. The molecule has 0 N–H and O–H groups in total. The maximum Gasteiger partial charge on any atom is 0.263 e. The maximum absolute atomic E-state index is 13.3. The van der Waals surface area contributed by atoms with Gasteiger partial charge in [-0.15, -0.1) is 0 Å². The molecule has 4 heterocycles. The van der Waals surface area contributed by atoms with Gasteiger partial charge in [0.1, 0.15) is 11.5 Å². The molecule has 0 aliphatic heterocycles. The predicted molar refractivity (Wildman–Crippen MR) is 108 cm³/mol. The third-order valence-electron chi connectivity index (χ3n) is 5.31. The highest BCUT2D eigenvalue weighted by molar-refractivity contribution is 6.22. The molecule has 0 bridgehead atoms. The summed E-state index contributed by atoms with van der Waals surface area (Å²) in [4.78, 5) is 18.1. The molecule has 4 heteroatoms. The minimum Gasteiger partial charge on any atom is -0.461 e. The lowest BCUT2D eigenvalue weighted by atomic mass is 10.0. The first-order chi connectivity index (χ1) is 13.2. The number of rotatable bonds is 1. The van der Waals surface area contributed by atoms with Gasteiger partial charge in [0.2, 0.25) is 0 Å². The molecule has 0 amide bonds. The summed E-state index contributed by atoms with van der Waals surface area (Å²) < 4.78 is 7.69. The van der Waals surface area contributed by atoms with Crippen LogP contribution in [0.1, 0.15) is 5.76 Å². The van der Waals surface area contributed by atoms with Crippen LogP contribution in [0.2, 0.25) is 0 Å². The second kappa shape index (κ2) is 4.95. The van der Waals surface area contributed by atoms with Gasteiger partial charge in [-0.1, -0.05) is 36.4 Å². The lowest BCUT2D eigenvalue weighted by Gasteiger charge is -2.07. The Morgan fingerprint density at radius 2 is 1.63 bits per heavy atom. The third-order valence-corrected chi connectivity index (χ3v) is 5.31. The Hall–Kier alpha value is -3.66. The van der Waals surface area contributed by atoms with E-state index >= 15 is 0 Å². The molecule has 27 heavy (non-hydrogen) atoms. The third kappa shape index (κ3) is 1.77. The van der Waals surface area contributed by atoms with Gasteiger partial charge in [0.15, 0.2) is 0 Å². The van der Waals surface area contributed by atoms with Crippen LogP contribution in [0.15, 0.2) is 76.1 Å². The summed E-state index contributed by atoms with van der Waals surface area (Å²) in [6.45, 7) is 1.93. The van der Waals surface area contributed by atoms with Crippen LogP contribution < -0.4 is 5.56 Å². The van der Waals surface area contributed by atoms with E-state index in [1.165, 1.54) is 0 Å². The first-order valence-corrected chi connectivity index (χ1v) is 8.87. The molecular weight excluding hydrogens is 336 g/mol. The number of hydrogen-bond donors (Lipinski definition) is 0.